The number of carbonyl (C=O) groups is 2. The van der Waals surface area contributed by atoms with Gasteiger partial charge in [-0.05, 0) is 42.3 Å². The Labute approximate surface area is 121 Å². The maximum atomic E-state index is 12.4. The lowest BCUT2D eigenvalue weighted by Gasteiger charge is -2.18. The standard InChI is InChI=1S/C17H12O4/c1-9-3-2-4-10(5-9)16(19)14-7-11-6-13(17(20)21)12(11)8-15(14)18/h2-8,18H,1H3,(H,20,21). The molecule has 2 N–H and O–H groups in total. The highest BCUT2D eigenvalue weighted by atomic mass is 16.4. The van der Waals surface area contributed by atoms with Gasteiger partial charge in [-0.15, -0.1) is 0 Å². The van der Waals surface area contributed by atoms with Gasteiger partial charge in [-0.1, -0.05) is 23.8 Å². The molecule has 21 heavy (non-hydrogen) atoms. The van der Waals surface area contributed by atoms with Gasteiger partial charge in [0, 0.05) is 5.56 Å². The number of rotatable bonds is 3. The summed E-state index contributed by atoms with van der Waals surface area (Å²) in [5.41, 5.74) is 2.89. The van der Waals surface area contributed by atoms with Gasteiger partial charge >= 0.3 is 5.97 Å². The number of aryl methyl sites for hydroxylation is 1. The van der Waals surface area contributed by atoms with Crippen molar-refractivity contribution in [1.29, 1.82) is 0 Å². The zero-order chi connectivity index (χ0) is 15.1. The molecule has 3 rings (SSSR count). The van der Waals surface area contributed by atoms with Crippen molar-refractivity contribution in [2.24, 2.45) is 0 Å². The number of fused-ring (bicyclic) bond motifs is 1. The summed E-state index contributed by atoms with van der Waals surface area (Å²) in [5.74, 6) is -1.53. The lowest BCUT2D eigenvalue weighted by Crippen LogP contribution is -2.11. The fourth-order valence-electron chi connectivity index (χ4n) is 2.41. The SMILES string of the molecule is Cc1cccc(C(=O)c2cc3c(cc2O)C(C(=O)O)=C3)c1. The molecule has 0 spiro atoms. The molecule has 0 atom stereocenters. The van der Waals surface area contributed by atoms with Gasteiger partial charge in [0.15, 0.2) is 5.78 Å². The highest BCUT2D eigenvalue weighted by molar-refractivity contribution is 6.27. The second kappa shape index (κ2) is 4.59. The number of benzene rings is 2. The summed E-state index contributed by atoms with van der Waals surface area (Å²) in [5, 5.41) is 19.0. The summed E-state index contributed by atoms with van der Waals surface area (Å²) in [6.07, 6.45) is 1.49. The van der Waals surface area contributed by atoms with Crippen LogP contribution in [0.15, 0.2) is 36.4 Å². The molecule has 2 aromatic carbocycles. The Hall–Kier alpha value is -2.88. The molecule has 0 saturated heterocycles. The second-order valence-electron chi connectivity index (χ2n) is 5.02. The van der Waals surface area contributed by atoms with E-state index in [1.807, 2.05) is 13.0 Å². The van der Waals surface area contributed by atoms with Crippen LogP contribution in [0.1, 0.15) is 32.6 Å². The van der Waals surface area contributed by atoms with Gasteiger partial charge < -0.3 is 10.2 Å². The first-order valence-corrected chi connectivity index (χ1v) is 6.41. The van der Waals surface area contributed by atoms with E-state index in [1.165, 1.54) is 18.2 Å². The van der Waals surface area contributed by atoms with Crippen molar-refractivity contribution in [3.63, 3.8) is 0 Å². The summed E-state index contributed by atoms with van der Waals surface area (Å²) in [6, 6.07) is 9.97. The van der Waals surface area contributed by atoms with Crippen molar-refractivity contribution >= 4 is 23.4 Å². The van der Waals surface area contributed by atoms with Crippen LogP contribution in [0.2, 0.25) is 0 Å². The second-order valence-corrected chi connectivity index (χ2v) is 5.02. The summed E-state index contributed by atoms with van der Waals surface area (Å²) in [4.78, 5) is 23.3. The molecule has 0 radical (unpaired) electrons. The number of phenols is 1. The number of carboxylic acid groups (broad SMARTS) is 1. The van der Waals surface area contributed by atoms with Crippen LogP contribution in [-0.2, 0) is 4.79 Å². The van der Waals surface area contributed by atoms with Crippen LogP contribution < -0.4 is 0 Å². The Bertz CT molecular complexity index is 816. The van der Waals surface area contributed by atoms with Crippen LogP contribution in [0.5, 0.6) is 5.75 Å². The van der Waals surface area contributed by atoms with Gasteiger partial charge in [-0.3, -0.25) is 4.79 Å². The molecule has 0 heterocycles. The minimum atomic E-state index is -1.04. The van der Waals surface area contributed by atoms with Gasteiger partial charge in [-0.2, -0.15) is 0 Å². The van der Waals surface area contributed by atoms with Crippen molar-refractivity contribution in [3.8, 4) is 5.75 Å². The molecule has 0 aliphatic heterocycles. The quantitative estimate of drug-likeness (QED) is 0.848. The number of phenolic OH excluding ortho intramolecular Hbond substituents is 1. The molecule has 4 nitrogen and oxygen atoms in total. The number of hydrogen-bond acceptors (Lipinski definition) is 3. The Morgan fingerprint density at radius 1 is 1.10 bits per heavy atom. The molecule has 0 amide bonds. The minimum Gasteiger partial charge on any atom is -0.507 e. The van der Waals surface area contributed by atoms with Gasteiger partial charge in [0.25, 0.3) is 0 Å². The van der Waals surface area contributed by atoms with Crippen molar-refractivity contribution in [2.75, 3.05) is 0 Å². The van der Waals surface area contributed by atoms with Crippen LogP contribution in [0.25, 0.3) is 11.6 Å². The van der Waals surface area contributed by atoms with Crippen molar-refractivity contribution in [2.45, 2.75) is 6.92 Å². The predicted octanol–water partition coefficient (Wildman–Crippen LogP) is 2.87. The highest BCUT2D eigenvalue weighted by Gasteiger charge is 2.26. The van der Waals surface area contributed by atoms with E-state index < -0.39 is 5.97 Å². The van der Waals surface area contributed by atoms with Crippen molar-refractivity contribution in [3.05, 3.63) is 64.2 Å². The molecule has 0 unspecified atom stereocenters. The Morgan fingerprint density at radius 2 is 1.86 bits per heavy atom. The third kappa shape index (κ3) is 2.10. The van der Waals surface area contributed by atoms with Crippen molar-refractivity contribution in [1.82, 2.24) is 0 Å². The third-order valence-corrected chi connectivity index (χ3v) is 3.51. The predicted molar refractivity (Wildman–Crippen MR) is 78.2 cm³/mol. The summed E-state index contributed by atoms with van der Waals surface area (Å²) in [7, 11) is 0. The third-order valence-electron chi connectivity index (χ3n) is 3.51. The van der Waals surface area contributed by atoms with E-state index in [0.29, 0.717) is 16.7 Å². The van der Waals surface area contributed by atoms with E-state index in [4.69, 9.17) is 5.11 Å². The first-order valence-electron chi connectivity index (χ1n) is 6.41. The van der Waals surface area contributed by atoms with Crippen LogP contribution in [-0.4, -0.2) is 22.0 Å². The topological polar surface area (TPSA) is 74.6 Å². The maximum absolute atomic E-state index is 12.4. The first kappa shape index (κ1) is 13.1. The van der Waals surface area contributed by atoms with Crippen molar-refractivity contribution < 1.29 is 19.8 Å². The molecule has 1 aliphatic rings. The molecule has 4 heteroatoms. The smallest absolute Gasteiger partial charge is 0.336 e. The molecule has 0 aromatic heterocycles. The fourth-order valence-corrected chi connectivity index (χ4v) is 2.41. The number of carbonyl (C=O) groups excluding carboxylic acids is 1. The maximum Gasteiger partial charge on any atom is 0.336 e. The molecular weight excluding hydrogens is 268 g/mol. The first-order chi connectivity index (χ1) is 9.97. The van der Waals surface area contributed by atoms with Crippen LogP contribution >= 0.6 is 0 Å². The normalized spacial score (nSPS) is 12.1. The monoisotopic (exact) mass is 280 g/mol. The average molecular weight is 280 g/mol. The number of aromatic hydroxyl groups is 1. The number of carboxylic acids is 1. The number of aliphatic carboxylic acids is 1. The van der Waals surface area contributed by atoms with E-state index in [9.17, 15) is 14.7 Å². The van der Waals surface area contributed by atoms with E-state index in [1.54, 1.807) is 18.2 Å². The van der Waals surface area contributed by atoms with E-state index in [2.05, 4.69) is 0 Å². The molecular formula is C17H12O4. The van der Waals surface area contributed by atoms with Gasteiger partial charge in [0.1, 0.15) is 5.75 Å². The van der Waals surface area contributed by atoms with E-state index in [-0.39, 0.29) is 22.7 Å². The number of ketones is 1. The molecule has 0 fully saturated rings. The molecule has 0 bridgehead atoms. The summed E-state index contributed by atoms with van der Waals surface area (Å²) in [6.45, 7) is 1.89. The summed E-state index contributed by atoms with van der Waals surface area (Å²) < 4.78 is 0. The minimum absolute atomic E-state index is 0.148. The highest BCUT2D eigenvalue weighted by Crippen LogP contribution is 2.37. The lowest BCUT2D eigenvalue weighted by molar-refractivity contribution is -0.130. The largest absolute Gasteiger partial charge is 0.507 e. The van der Waals surface area contributed by atoms with E-state index in [0.717, 1.165) is 5.56 Å². The molecule has 2 aromatic rings. The Kier molecular flexibility index (Phi) is 2.87. The zero-order valence-corrected chi connectivity index (χ0v) is 11.3. The molecule has 1 aliphatic carbocycles. The van der Waals surface area contributed by atoms with E-state index >= 15 is 0 Å². The summed E-state index contributed by atoms with van der Waals surface area (Å²) >= 11 is 0. The van der Waals surface area contributed by atoms with Crippen LogP contribution in [0.3, 0.4) is 0 Å². The van der Waals surface area contributed by atoms with Gasteiger partial charge in [-0.25, -0.2) is 4.79 Å². The Balaban J connectivity index is 2.02. The fraction of sp³-hybridized carbons (Fsp3) is 0.0588. The molecule has 0 saturated carbocycles. The van der Waals surface area contributed by atoms with Gasteiger partial charge in [0.05, 0.1) is 11.1 Å². The number of hydrogen-bond donors (Lipinski definition) is 2. The Morgan fingerprint density at radius 3 is 2.52 bits per heavy atom. The van der Waals surface area contributed by atoms with Crippen LogP contribution in [0, 0.1) is 6.92 Å². The average Bonchev–Trinajstić information content (AvgIpc) is 2.41. The van der Waals surface area contributed by atoms with Gasteiger partial charge in [0.2, 0.25) is 0 Å². The van der Waals surface area contributed by atoms with Crippen LogP contribution in [0.4, 0.5) is 0 Å². The lowest BCUT2D eigenvalue weighted by atomic mass is 9.85. The molecule has 104 valence electrons. The zero-order valence-electron chi connectivity index (χ0n) is 11.3.